The molecule has 7 heteroatoms. The van der Waals surface area contributed by atoms with Crippen molar-refractivity contribution in [2.24, 2.45) is 0 Å². The average Bonchev–Trinajstić information content (AvgIpc) is 2.92. The van der Waals surface area contributed by atoms with Gasteiger partial charge in [0.15, 0.2) is 0 Å². The Kier molecular flexibility index (Phi) is 5.93. The zero-order valence-corrected chi connectivity index (χ0v) is 15.4. The molecule has 0 N–H and O–H groups in total. The van der Waals surface area contributed by atoms with E-state index in [1.807, 2.05) is 30.3 Å². The molecule has 6 nitrogen and oxygen atoms in total. The second kappa shape index (κ2) is 8.55. The number of hydrogen-bond donors (Lipinski definition) is 0. The van der Waals surface area contributed by atoms with Crippen LogP contribution in [0.1, 0.15) is 12.5 Å². The van der Waals surface area contributed by atoms with Crippen LogP contribution in [0.15, 0.2) is 59.5 Å². The number of thioether (sulfide) groups is 1. The van der Waals surface area contributed by atoms with E-state index in [1.165, 1.54) is 0 Å². The molecule has 1 heterocycles. The van der Waals surface area contributed by atoms with Crippen molar-refractivity contribution >= 4 is 35.0 Å². The largest absolute Gasteiger partial charge is 0.465 e. The van der Waals surface area contributed by atoms with Crippen molar-refractivity contribution in [3.8, 4) is 11.5 Å². The van der Waals surface area contributed by atoms with E-state index in [9.17, 15) is 14.4 Å². The highest BCUT2D eigenvalue weighted by Crippen LogP contribution is 2.32. The first-order valence-electron chi connectivity index (χ1n) is 8.31. The van der Waals surface area contributed by atoms with Gasteiger partial charge in [0.2, 0.25) is 0 Å². The van der Waals surface area contributed by atoms with Crippen molar-refractivity contribution in [3.63, 3.8) is 0 Å². The minimum Gasteiger partial charge on any atom is -0.465 e. The Morgan fingerprint density at radius 3 is 2.37 bits per heavy atom. The topological polar surface area (TPSA) is 72.9 Å². The van der Waals surface area contributed by atoms with Gasteiger partial charge in [-0.3, -0.25) is 19.3 Å². The maximum atomic E-state index is 12.4. The maximum absolute atomic E-state index is 12.4. The molecule has 27 heavy (non-hydrogen) atoms. The van der Waals surface area contributed by atoms with Gasteiger partial charge in [0.25, 0.3) is 11.1 Å². The summed E-state index contributed by atoms with van der Waals surface area (Å²) in [5.74, 6) is 0.283. The number of carbonyl (C=O) groups is 3. The molecule has 2 aromatic carbocycles. The summed E-state index contributed by atoms with van der Waals surface area (Å²) in [5, 5.41) is -0.483. The minimum atomic E-state index is -0.608. The smallest absolute Gasteiger partial charge is 0.326 e. The molecule has 0 aliphatic carbocycles. The minimum absolute atomic E-state index is 0.197. The lowest BCUT2D eigenvalue weighted by Gasteiger charge is -2.10. The van der Waals surface area contributed by atoms with Crippen molar-refractivity contribution < 1.29 is 23.9 Å². The van der Waals surface area contributed by atoms with Gasteiger partial charge in [-0.2, -0.15) is 0 Å². The highest BCUT2D eigenvalue weighted by atomic mass is 32.2. The standard InChI is InChI=1S/C20H17NO5S/c1-2-25-18(22)13-21-19(23)17(27-20(21)24)12-14-8-10-16(11-9-14)26-15-6-4-3-5-7-15/h3-12H,2,13H2,1H3/b17-12-. The number of imide groups is 1. The fourth-order valence-electron chi connectivity index (χ4n) is 2.38. The molecule has 0 spiro atoms. The summed E-state index contributed by atoms with van der Waals surface area (Å²) in [4.78, 5) is 37.0. The molecule has 1 saturated heterocycles. The number of amides is 2. The van der Waals surface area contributed by atoms with Gasteiger partial charge >= 0.3 is 5.97 Å². The molecule has 0 radical (unpaired) electrons. The number of para-hydroxylation sites is 1. The van der Waals surface area contributed by atoms with Crippen molar-refractivity contribution in [2.75, 3.05) is 13.2 Å². The van der Waals surface area contributed by atoms with E-state index < -0.39 is 17.1 Å². The molecule has 0 atom stereocenters. The number of rotatable bonds is 6. The van der Waals surface area contributed by atoms with Crippen LogP contribution in [0, 0.1) is 0 Å². The normalized spacial score (nSPS) is 15.3. The van der Waals surface area contributed by atoms with Gasteiger partial charge in [-0.15, -0.1) is 0 Å². The second-order valence-corrected chi connectivity index (χ2v) is 6.55. The summed E-state index contributed by atoms with van der Waals surface area (Å²) in [7, 11) is 0. The Morgan fingerprint density at radius 1 is 1.04 bits per heavy atom. The number of carbonyl (C=O) groups excluding carboxylic acids is 3. The summed E-state index contributed by atoms with van der Waals surface area (Å²) in [6.45, 7) is 1.48. The summed E-state index contributed by atoms with van der Waals surface area (Å²) in [5.41, 5.74) is 0.747. The molecule has 0 saturated carbocycles. The number of nitrogens with zero attached hydrogens (tertiary/aromatic N) is 1. The number of hydrogen-bond acceptors (Lipinski definition) is 6. The Bertz CT molecular complexity index is 877. The SMILES string of the molecule is CCOC(=O)CN1C(=O)S/C(=C\c2ccc(Oc3ccccc3)cc2)C1=O. The predicted octanol–water partition coefficient (Wildman–Crippen LogP) is 4.08. The van der Waals surface area contributed by atoms with Gasteiger partial charge in [-0.1, -0.05) is 30.3 Å². The van der Waals surface area contributed by atoms with Crippen LogP contribution in [0.2, 0.25) is 0 Å². The van der Waals surface area contributed by atoms with Gasteiger partial charge in [0.05, 0.1) is 11.5 Å². The molecule has 1 aliphatic heterocycles. The monoisotopic (exact) mass is 383 g/mol. The third-order valence-corrected chi connectivity index (χ3v) is 4.53. The lowest BCUT2D eigenvalue weighted by molar-refractivity contribution is -0.145. The van der Waals surface area contributed by atoms with Crippen LogP contribution in [-0.2, 0) is 14.3 Å². The number of ether oxygens (including phenoxy) is 2. The van der Waals surface area contributed by atoms with Crippen molar-refractivity contribution in [1.82, 2.24) is 4.90 Å². The summed E-state index contributed by atoms with van der Waals surface area (Å²) < 4.78 is 10.5. The van der Waals surface area contributed by atoms with Gasteiger partial charge in [-0.05, 0) is 54.6 Å². The van der Waals surface area contributed by atoms with Crippen LogP contribution in [0.5, 0.6) is 11.5 Å². The Balaban J connectivity index is 1.68. The van der Waals surface area contributed by atoms with E-state index in [-0.39, 0.29) is 18.1 Å². The van der Waals surface area contributed by atoms with E-state index in [0.717, 1.165) is 28.0 Å². The van der Waals surface area contributed by atoms with E-state index in [0.29, 0.717) is 5.75 Å². The van der Waals surface area contributed by atoms with Gasteiger partial charge in [0, 0.05) is 0 Å². The Labute approximate surface area is 160 Å². The highest BCUT2D eigenvalue weighted by Gasteiger charge is 2.36. The first-order chi connectivity index (χ1) is 13.1. The van der Waals surface area contributed by atoms with E-state index in [1.54, 1.807) is 37.3 Å². The lowest BCUT2D eigenvalue weighted by atomic mass is 10.2. The van der Waals surface area contributed by atoms with Gasteiger partial charge < -0.3 is 9.47 Å². The zero-order valence-electron chi connectivity index (χ0n) is 14.6. The van der Waals surface area contributed by atoms with Crippen molar-refractivity contribution in [1.29, 1.82) is 0 Å². The van der Waals surface area contributed by atoms with E-state index in [2.05, 4.69) is 0 Å². The lowest BCUT2D eigenvalue weighted by Crippen LogP contribution is -2.34. The molecule has 0 aromatic heterocycles. The average molecular weight is 383 g/mol. The van der Waals surface area contributed by atoms with Crippen LogP contribution in [0.25, 0.3) is 6.08 Å². The first kappa shape index (κ1) is 18.7. The van der Waals surface area contributed by atoms with Crippen LogP contribution >= 0.6 is 11.8 Å². The van der Waals surface area contributed by atoms with Crippen LogP contribution in [0.3, 0.4) is 0 Å². The molecule has 3 rings (SSSR count). The van der Waals surface area contributed by atoms with E-state index in [4.69, 9.17) is 9.47 Å². The molecule has 2 amide bonds. The predicted molar refractivity (Wildman–Crippen MR) is 102 cm³/mol. The molecule has 0 bridgehead atoms. The third kappa shape index (κ3) is 4.77. The van der Waals surface area contributed by atoms with Crippen LogP contribution < -0.4 is 4.74 Å². The van der Waals surface area contributed by atoms with E-state index >= 15 is 0 Å². The fraction of sp³-hybridized carbons (Fsp3) is 0.150. The molecular weight excluding hydrogens is 366 g/mol. The number of benzene rings is 2. The maximum Gasteiger partial charge on any atom is 0.326 e. The zero-order chi connectivity index (χ0) is 19.2. The van der Waals surface area contributed by atoms with Crippen molar-refractivity contribution in [2.45, 2.75) is 6.92 Å². The molecule has 1 aliphatic rings. The summed E-state index contributed by atoms with van der Waals surface area (Å²) in [6.07, 6.45) is 1.61. The fourth-order valence-corrected chi connectivity index (χ4v) is 3.22. The Morgan fingerprint density at radius 2 is 1.70 bits per heavy atom. The number of esters is 1. The summed E-state index contributed by atoms with van der Waals surface area (Å²) >= 11 is 0.803. The molecule has 138 valence electrons. The quantitative estimate of drug-likeness (QED) is 0.553. The van der Waals surface area contributed by atoms with Gasteiger partial charge in [-0.25, -0.2) is 0 Å². The molecule has 2 aromatic rings. The summed E-state index contributed by atoms with van der Waals surface area (Å²) in [6, 6.07) is 16.5. The Hall–Kier alpha value is -3.06. The third-order valence-electron chi connectivity index (χ3n) is 3.62. The van der Waals surface area contributed by atoms with Crippen LogP contribution in [-0.4, -0.2) is 35.2 Å². The molecule has 0 unspecified atom stereocenters. The van der Waals surface area contributed by atoms with Gasteiger partial charge in [0.1, 0.15) is 18.0 Å². The molecule has 1 fully saturated rings. The first-order valence-corrected chi connectivity index (χ1v) is 9.12. The van der Waals surface area contributed by atoms with Crippen LogP contribution in [0.4, 0.5) is 4.79 Å². The van der Waals surface area contributed by atoms with Crippen molar-refractivity contribution in [3.05, 3.63) is 65.1 Å². The molecular formula is C20H17NO5S. The highest BCUT2D eigenvalue weighted by molar-refractivity contribution is 8.18. The second-order valence-electron chi connectivity index (χ2n) is 5.56.